The van der Waals surface area contributed by atoms with Crippen LogP contribution in [0.3, 0.4) is 0 Å². The Labute approximate surface area is 70.9 Å². The first-order chi connectivity index (χ1) is 4.99. The molecule has 0 aromatic heterocycles. The maximum Gasteiger partial charge on any atom is 0.242 e. The van der Waals surface area contributed by atoms with Gasteiger partial charge in [-0.15, -0.1) is 0 Å². The van der Waals surface area contributed by atoms with Crippen molar-refractivity contribution in [2.75, 3.05) is 0 Å². The van der Waals surface area contributed by atoms with E-state index in [1.165, 1.54) is 0 Å². The Bertz CT molecular complexity index is 163. The largest absolute Gasteiger partial charge is 0.545 e. The molecule has 0 saturated carbocycles. The zero-order valence-corrected chi connectivity index (χ0v) is 9.14. The monoisotopic (exact) mass is 170 g/mol. The van der Waals surface area contributed by atoms with E-state index in [4.69, 9.17) is 4.43 Å². The molecule has 0 spiro atoms. The van der Waals surface area contributed by atoms with E-state index in [9.17, 15) is 0 Å². The zero-order chi connectivity index (χ0) is 8.91. The summed E-state index contributed by atoms with van der Waals surface area (Å²) in [6.07, 6.45) is 5.99. The van der Waals surface area contributed by atoms with Gasteiger partial charge in [-0.2, -0.15) is 0 Å². The SMILES string of the molecule is C/C=C(/C=C/C)O[Si](C)(C)C. The third-order valence-electron chi connectivity index (χ3n) is 1.04. The Morgan fingerprint density at radius 2 is 1.73 bits per heavy atom. The van der Waals surface area contributed by atoms with Crippen LogP contribution >= 0.6 is 0 Å². The molecule has 0 aromatic rings. The smallest absolute Gasteiger partial charge is 0.242 e. The Morgan fingerprint density at radius 1 is 1.18 bits per heavy atom. The van der Waals surface area contributed by atoms with Crippen LogP contribution in [0.4, 0.5) is 0 Å². The van der Waals surface area contributed by atoms with Crippen molar-refractivity contribution >= 4 is 8.32 Å². The van der Waals surface area contributed by atoms with Crippen molar-refractivity contribution in [3.8, 4) is 0 Å². The van der Waals surface area contributed by atoms with Crippen LogP contribution in [0.1, 0.15) is 13.8 Å². The van der Waals surface area contributed by atoms with E-state index >= 15 is 0 Å². The number of allylic oxidation sites excluding steroid dienone is 3. The second kappa shape index (κ2) is 4.39. The minimum absolute atomic E-state index is 0.992. The Balaban J connectivity index is 4.12. The molecule has 1 nitrogen and oxygen atoms in total. The van der Waals surface area contributed by atoms with E-state index in [1.807, 2.05) is 32.1 Å². The Kier molecular flexibility index (Phi) is 4.19. The molecule has 2 heteroatoms. The lowest BCUT2D eigenvalue weighted by Crippen LogP contribution is -2.24. The van der Waals surface area contributed by atoms with Gasteiger partial charge in [0.25, 0.3) is 0 Å². The zero-order valence-electron chi connectivity index (χ0n) is 8.14. The average molecular weight is 170 g/mol. The van der Waals surface area contributed by atoms with Gasteiger partial charge in [0.2, 0.25) is 8.32 Å². The molecule has 0 aromatic carbocycles. The number of hydrogen-bond donors (Lipinski definition) is 0. The first-order valence-corrected chi connectivity index (χ1v) is 7.38. The molecular weight excluding hydrogens is 152 g/mol. The first-order valence-electron chi connectivity index (χ1n) is 3.97. The highest BCUT2D eigenvalue weighted by Gasteiger charge is 2.15. The van der Waals surface area contributed by atoms with Crippen molar-refractivity contribution in [2.24, 2.45) is 0 Å². The summed E-state index contributed by atoms with van der Waals surface area (Å²) < 4.78 is 5.74. The third kappa shape index (κ3) is 5.92. The molecule has 0 N–H and O–H groups in total. The van der Waals surface area contributed by atoms with E-state index in [1.54, 1.807) is 0 Å². The van der Waals surface area contributed by atoms with Gasteiger partial charge in [-0.05, 0) is 45.6 Å². The van der Waals surface area contributed by atoms with Crippen LogP contribution in [0, 0.1) is 0 Å². The van der Waals surface area contributed by atoms with Gasteiger partial charge in [0, 0.05) is 0 Å². The minimum Gasteiger partial charge on any atom is -0.545 e. The van der Waals surface area contributed by atoms with Gasteiger partial charge in [-0.3, -0.25) is 0 Å². The van der Waals surface area contributed by atoms with Gasteiger partial charge in [0.1, 0.15) is 0 Å². The average Bonchev–Trinajstić information content (AvgIpc) is 1.84. The van der Waals surface area contributed by atoms with Crippen molar-refractivity contribution in [1.29, 1.82) is 0 Å². The summed E-state index contributed by atoms with van der Waals surface area (Å²) in [5.41, 5.74) is 0. The van der Waals surface area contributed by atoms with Crippen LogP contribution in [0.25, 0.3) is 0 Å². The Morgan fingerprint density at radius 3 is 2.00 bits per heavy atom. The van der Waals surface area contributed by atoms with Crippen molar-refractivity contribution in [2.45, 2.75) is 33.5 Å². The second-order valence-corrected chi connectivity index (χ2v) is 7.83. The highest BCUT2D eigenvalue weighted by atomic mass is 28.4. The highest BCUT2D eigenvalue weighted by molar-refractivity contribution is 6.70. The molecule has 0 bridgehead atoms. The van der Waals surface area contributed by atoms with Crippen LogP contribution in [-0.4, -0.2) is 8.32 Å². The minimum atomic E-state index is -1.40. The van der Waals surface area contributed by atoms with E-state index in [0.717, 1.165) is 5.76 Å². The topological polar surface area (TPSA) is 9.23 Å². The molecule has 0 radical (unpaired) electrons. The maximum absolute atomic E-state index is 5.74. The maximum atomic E-state index is 5.74. The fourth-order valence-corrected chi connectivity index (χ4v) is 1.60. The molecule has 0 aliphatic carbocycles. The molecule has 0 unspecified atom stereocenters. The molecule has 0 atom stereocenters. The first kappa shape index (κ1) is 10.5. The molecule has 0 aliphatic rings. The van der Waals surface area contributed by atoms with Gasteiger partial charge in [0.15, 0.2) is 0 Å². The summed E-state index contributed by atoms with van der Waals surface area (Å²) in [5, 5.41) is 0. The highest BCUT2D eigenvalue weighted by Crippen LogP contribution is 2.10. The van der Waals surface area contributed by atoms with Crippen molar-refractivity contribution < 1.29 is 4.43 Å². The van der Waals surface area contributed by atoms with Crippen molar-refractivity contribution in [1.82, 2.24) is 0 Å². The molecule has 0 saturated heterocycles. The molecule has 0 rings (SSSR count). The van der Waals surface area contributed by atoms with E-state index in [-0.39, 0.29) is 0 Å². The van der Waals surface area contributed by atoms with Crippen molar-refractivity contribution in [3.05, 3.63) is 24.0 Å². The van der Waals surface area contributed by atoms with Crippen LogP contribution in [0.2, 0.25) is 19.6 Å². The molecule has 11 heavy (non-hydrogen) atoms. The molecule has 0 amide bonds. The quantitative estimate of drug-likeness (QED) is 0.359. The Hall–Kier alpha value is -0.503. The van der Waals surface area contributed by atoms with Gasteiger partial charge in [-0.1, -0.05) is 6.08 Å². The normalized spacial score (nSPS) is 14.1. The standard InChI is InChI=1S/C9H18OSi/c1-6-8-9(7-2)10-11(3,4)5/h6-8H,1-5H3/b8-6+,9-7-. The predicted octanol–water partition coefficient (Wildman–Crippen LogP) is 3.32. The summed E-state index contributed by atoms with van der Waals surface area (Å²) in [7, 11) is -1.40. The van der Waals surface area contributed by atoms with Crippen LogP contribution in [-0.2, 0) is 4.43 Å². The van der Waals surface area contributed by atoms with Gasteiger partial charge in [-0.25, -0.2) is 0 Å². The fraction of sp³-hybridized carbons (Fsp3) is 0.556. The van der Waals surface area contributed by atoms with E-state index in [2.05, 4.69) is 19.6 Å². The van der Waals surface area contributed by atoms with Crippen LogP contribution < -0.4 is 0 Å². The lowest BCUT2D eigenvalue weighted by Gasteiger charge is -2.19. The van der Waals surface area contributed by atoms with Gasteiger partial charge >= 0.3 is 0 Å². The molecule has 0 heterocycles. The summed E-state index contributed by atoms with van der Waals surface area (Å²) >= 11 is 0. The third-order valence-corrected chi connectivity index (χ3v) is 1.89. The van der Waals surface area contributed by atoms with Crippen LogP contribution in [0.15, 0.2) is 24.0 Å². The fourth-order valence-electron chi connectivity index (χ4n) is 0.707. The molecule has 0 fully saturated rings. The number of rotatable bonds is 3. The van der Waals surface area contributed by atoms with E-state index in [0.29, 0.717) is 0 Å². The predicted molar refractivity (Wildman–Crippen MR) is 53.0 cm³/mol. The lowest BCUT2D eigenvalue weighted by molar-refractivity contribution is 0.440. The van der Waals surface area contributed by atoms with Crippen LogP contribution in [0.5, 0.6) is 0 Å². The molecule has 64 valence electrons. The molecule has 0 aliphatic heterocycles. The van der Waals surface area contributed by atoms with Gasteiger partial charge in [0.05, 0.1) is 5.76 Å². The second-order valence-electron chi connectivity index (χ2n) is 3.41. The van der Waals surface area contributed by atoms with Crippen molar-refractivity contribution in [3.63, 3.8) is 0 Å². The molecular formula is C9H18OSi. The summed E-state index contributed by atoms with van der Waals surface area (Å²) in [4.78, 5) is 0. The summed E-state index contributed by atoms with van der Waals surface area (Å²) in [6.45, 7) is 10.5. The summed E-state index contributed by atoms with van der Waals surface area (Å²) in [6, 6.07) is 0. The van der Waals surface area contributed by atoms with Gasteiger partial charge < -0.3 is 4.43 Å². The summed E-state index contributed by atoms with van der Waals surface area (Å²) in [5.74, 6) is 0.992. The van der Waals surface area contributed by atoms with E-state index < -0.39 is 8.32 Å². The number of hydrogen-bond acceptors (Lipinski definition) is 1. The lowest BCUT2D eigenvalue weighted by atomic mass is 10.4.